The number of fused-ring (bicyclic) bond motifs is 1. The molecule has 8 heteroatoms. The summed E-state index contributed by atoms with van der Waals surface area (Å²) in [5.41, 5.74) is 0.982. The maximum absolute atomic E-state index is 13.0. The molecule has 0 atom stereocenters. The van der Waals surface area contributed by atoms with Crippen LogP contribution in [0.15, 0.2) is 41.5 Å². The van der Waals surface area contributed by atoms with Crippen LogP contribution in [0.5, 0.6) is 0 Å². The lowest BCUT2D eigenvalue weighted by Gasteiger charge is -2.20. The molecule has 146 valence electrons. The van der Waals surface area contributed by atoms with Crippen molar-refractivity contribution >= 4 is 33.5 Å². The lowest BCUT2D eigenvalue weighted by Crippen LogP contribution is -2.49. The number of carbonyl (C=O) groups is 2. The van der Waals surface area contributed by atoms with Crippen LogP contribution in [-0.2, 0) is 11.3 Å². The van der Waals surface area contributed by atoms with Crippen molar-refractivity contribution in [3.05, 3.63) is 51.9 Å². The van der Waals surface area contributed by atoms with E-state index in [0.29, 0.717) is 10.2 Å². The summed E-state index contributed by atoms with van der Waals surface area (Å²) in [6, 6.07) is 9.01. The van der Waals surface area contributed by atoms with Crippen LogP contribution in [0.1, 0.15) is 25.6 Å². The molecule has 0 unspecified atom stereocenters. The van der Waals surface area contributed by atoms with E-state index in [9.17, 15) is 14.4 Å². The van der Waals surface area contributed by atoms with E-state index in [1.165, 1.54) is 22.2 Å². The normalized spacial score (nSPS) is 11.4. The van der Waals surface area contributed by atoms with Crippen LogP contribution < -0.4 is 16.2 Å². The molecule has 7 nitrogen and oxygen atoms in total. The third-order valence-corrected chi connectivity index (χ3v) is 4.99. The van der Waals surface area contributed by atoms with Gasteiger partial charge in [0.05, 0.1) is 11.7 Å². The maximum atomic E-state index is 13.0. The summed E-state index contributed by atoms with van der Waals surface area (Å²) in [4.78, 5) is 43.0. The zero-order chi connectivity index (χ0) is 20.5. The zero-order valence-electron chi connectivity index (χ0n) is 16.2. The first kappa shape index (κ1) is 19.8. The van der Waals surface area contributed by atoms with Crippen molar-refractivity contribution < 1.29 is 9.59 Å². The quantitative estimate of drug-likeness (QED) is 0.709. The second kappa shape index (κ2) is 7.55. The summed E-state index contributed by atoms with van der Waals surface area (Å²) in [5, 5.41) is 5.37. The minimum atomic E-state index is -0.601. The summed E-state index contributed by atoms with van der Waals surface area (Å²) in [5.74, 6) is -0.585. The number of aromatic nitrogens is 2. The molecule has 3 amide bonds. The average molecular weight is 398 g/mol. The Hall–Kier alpha value is -3.00. The van der Waals surface area contributed by atoms with Crippen LogP contribution in [0.4, 0.5) is 4.79 Å². The highest BCUT2D eigenvalue weighted by molar-refractivity contribution is 7.19. The molecule has 3 aromatic rings. The largest absolute Gasteiger partial charge is 0.333 e. The number of benzene rings is 1. The van der Waals surface area contributed by atoms with Crippen molar-refractivity contribution in [1.29, 1.82) is 0 Å². The predicted molar refractivity (Wildman–Crippen MR) is 110 cm³/mol. The van der Waals surface area contributed by atoms with Gasteiger partial charge in [0.1, 0.15) is 11.4 Å². The lowest BCUT2D eigenvalue weighted by molar-refractivity contribution is -0.120. The number of nitrogens with zero attached hydrogens (tertiary/aromatic N) is 2. The van der Waals surface area contributed by atoms with Gasteiger partial charge in [-0.3, -0.25) is 19.5 Å². The van der Waals surface area contributed by atoms with Gasteiger partial charge in [0.15, 0.2) is 0 Å². The Morgan fingerprint density at radius 1 is 1.18 bits per heavy atom. The fraction of sp³-hybridized carbons (Fsp3) is 0.300. The third-order valence-electron chi connectivity index (χ3n) is 3.97. The van der Waals surface area contributed by atoms with Gasteiger partial charge in [-0.25, -0.2) is 9.78 Å². The Bertz CT molecular complexity index is 1090. The molecule has 2 N–H and O–H groups in total. The number of nitrogens with one attached hydrogen (secondary N) is 2. The van der Waals surface area contributed by atoms with Crippen LogP contribution in [-0.4, -0.2) is 27.0 Å². The number of urea groups is 1. The summed E-state index contributed by atoms with van der Waals surface area (Å²) in [6.07, 6.45) is 1.34. The Balaban J connectivity index is 1.92. The second-order valence-corrected chi connectivity index (χ2v) is 8.71. The van der Waals surface area contributed by atoms with Crippen LogP contribution in [0.25, 0.3) is 21.3 Å². The number of aryl methyl sites for hydroxylation is 1. The highest BCUT2D eigenvalue weighted by atomic mass is 32.1. The SMILES string of the molecule is Cc1sc2ncn(CC(=O)NC(=O)NC(C)(C)C)c(=O)c2c1-c1ccccc1. The Morgan fingerprint density at radius 2 is 1.86 bits per heavy atom. The molecule has 0 fully saturated rings. The van der Waals surface area contributed by atoms with E-state index in [4.69, 9.17) is 0 Å². The number of thiophene rings is 1. The summed E-state index contributed by atoms with van der Waals surface area (Å²) < 4.78 is 1.22. The van der Waals surface area contributed by atoms with Crippen molar-refractivity contribution in [3.63, 3.8) is 0 Å². The van der Waals surface area contributed by atoms with E-state index in [1.807, 2.05) is 58.0 Å². The zero-order valence-corrected chi connectivity index (χ0v) is 17.0. The van der Waals surface area contributed by atoms with E-state index in [0.717, 1.165) is 16.0 Å². The molecule has 0 saturated heterocycles. The highest BCUT2D eigenvalue weighted by Gasteiger charge is 2.19. The molecular formula is C20H22N4O3S. The molecule has 0 saturated carbocycles. The Kier molecular flexibility index (Phi) is 5.33. The van der Waals surface area contributed by atoms with Crippen molar-refractivity contribution in [2.45, 2.75) is 39.8 Å². The predicted octanol–water partition coefficient (Wildman–Crippen LogP) is 3.06. The molecule has 0 radical (unpaired) electrons. The van der Waals surface area contributed by atoms with Crippen LogP contribution in [0.3, 0.4) is 0 Å². The minimum Gasteiger partial charge on any atom is -0.333 e. The van der Waals surface area contributed by atoms with Crippen LogP contribution in [0, 0.1) is 6.92 Å². The number of carbonyl (C=O) groups excluding carboxylic acids is 2. The van der Waals surface area contributed by atoms with Crippen LogP contribution in [0.2, 0.25) is 0 Å². The van der Waals surface area contributed by atoms with Gasteiger partial charge in [-0.1, -0.05) is 30.3 Å². The van der Waals surface area contributed by atoms with Gasteiger partial charge in [-0.05, 0) is 33.3 Å². The lowest BCUT2D eigenvalue weighted by atomic mass is 10.0. The monoisotopic (exact) mass is 398 g/mol. The van der Waals surface area contributed by atoms with Crippen molar-refractivity contribution in [2.75, 3.05) is 0 Å². The molecule has 0 aliphatic carbocycles. The average Bonchev–Trinajstić information content (AvgIpc) is 2.93. The Morgan fingerprint density at radius 3 is 2.50 bits per heavy atom. The fourth-order valence-corrected chi connectivity index (χ4v) is 3.90. The summed E-state index contributed by atoms with van der Waals surface area (Å²) in [7, 11) is 0. The first-order valence-corrected chi connectivity index (χ1v) is 9.63. The first-order chi connectivity index (χ1) is 13.2. The standard InChI is InChI=1S/C20H22N4O3S/c1-12-15(13-8-6-5-7-9-13)16-17(28-12)21-11-24(18(16)26)10-14(25)22-19(27)23-20(2,3)4/h5-9,11H,10H2,1-4H3,(H2,22,23,25,27). The van der Waals surface area contributed by atoms with E-state index >= 15 is 0 Å². The molecule has 0 aliphatic heterocycles. The van der Waals surface area contributed by atoms with Crippen molar-refractivity contribution in [1.82, 2.24) is 20.2 Å². The molecule has 2 aromatic heterocycles. The van der Waals surface area contributed by atoms with Gasteiger partial charge in [-0.2, -0.15) is 0 Å². The van der Waals surface area contributed by atoms with Crippen LogP contribution >= 0.6 is 11.3 Å². The van der Waals surface area contributed by atoms with Gasteiger partial charge >= 0.3 is 6.03 Å². The number of imide groups is 1. The first-order valence-electron chi connectivity index (χ1n) is 8.81. The molecule has 28 heavy (non-hydrogen) atoms. The van der Waals surface area contributed by atoms with Gasteiger partial charge < -0.3 is 5.32 Å². The topological polar surface area (TPSA) is 93.1 Å². The van der Waals surface area contributed by atoms with Crippen molar-refractivity contribution in [3.8, 4) is 11.1 Å². The Labute approximate surface area is 166 Å². The number of hydrogen-bond acceptors (Lipinski definition) is 5. The van der Waals surface area contributed by atoms with E-state index in [1.54, 1.807) is 0 Å². The van der Waals surface area contributed by atoms with Gasteiger partial charge in [0.2, 0.25) is 5.91 Å². The third kappa shape index (κ3) is 4.28. The van der Waals surface area contributed by atoms with Gasteiger partial charge in [0, 0.05) is 16.0 Å². The maximum Gasteiger partial charge on any atom is 0.321 e. The number of amides is 3. The second-order valence-electron chi connectivity index (χ2n) is 7.51. The minimum absolute atomic E-state index is 0.289. The van der Waals surface area contributed by atoms with E-state index in [-0.39, 0.29) is 12.1 Å². The van der Waals surface area contributed by atoms with E-state index < -0.39 is 17.5 Å². The molecule has 1 aromatic carbocycles. The van der Waals surface area contributed by atoms with Gasteiger partial charge in [0.25, 0.3) is 5.56 Å². The van der Waals surface area contributed by atoms with Gasteiger partial charge in [-0.15, -0.1) is 11.3 Å². The molecule has 0 aliphatic rings. The molecular weight excluding hydrogens is 376 g/mol. The fourth-order valence-electron chi connectivity index (χ4n) is 2.90. The highest BCUT2D eigenvalue weighted by Crippen LogP contribution is 2.35. The molecule has 3 rings (SSSR count). The summed E-state index contributed by atoms with van der Waals surface area (Å²) in [6.45, 7) is 7.08. The molecule has 2 heterocycles. The smallest absolute Gasteiger partial charge is 0.321 e. The molecule has 0 bridgehead atoms. The number of hydrogen-bond donors (Lipinski definition) is 2. The summed E-state index contributed by atoms with van der Waals surface area (Å²) >= 11 is 1.44. The van der Waals surface area contributed by atoms with Crippen molar-refractivity contribution in [2.24, 2.45) is 0 Å². The number of rotatable bonds is 3. The van der Waals surface area contributed by atoms with E-state index in [2.05, 4.69) is 15.6 Å². The molecule has 0 spiro atoms.